The molecule has 4 amide bonds. The van der Waals surface area contributed by atoms with Crippen LogP contribution >= 0.6 is 0 Å². The highest BCUT2D eigenvalue weighted by atomic mass is 16.2. The molecule has 2 fully saturated rings. The van der Waals surface area contributed by atoms with E-state index in [-0.39, 0.29) is 24.4 Å². The molecule has 1 heterocycles. The minimum absolute atomic E-state index is 0.178. The molecule has 124 valence electrons. The first kappa shape index (κ1) is 16.8. The van der Waals surface area contributed by atoms with Gasteiger partial charge in [0, 0.05) is 6.04 Å². The van der Waals surface area contributed by atoms with Gasteiger partial charge >= 0.3 is 6.03 Å². The van der Waals surface area contributed by atoms with Crippen LogP contribution in [0.15, 0.2) is 0 Å². The zero-order chi connectivity index (χ0) is 16.2. The summed E-state index contributed by atoms with van der Waals surface area (Å²) in [5, 5.41) is 5.72. The van der Waals surface area contributed by atoms with Crippen molar-refractivity contribution in [2.45, 2.75) is 76.8 Å². The van der Waals surface area contributed by atoms with Crippen molar-refractivity contribution < 1.29 is 14.4 Å². The summed E-state index contributed by atoms with van der Waals surface area (Å²) >= 11 is 0. The van der Waals surface area contributed by atoms with Crippen LogP contribution < -0.4 is 10.6 Å². The molecule has 1 saturated heterocycles. The minimum Gasteiger partial charge on any atom is -0.352 e. The van der Waals surface area contributed by atoms with E-state index >= 15 is 0 Å². The van der Waals surface area contributed by atoms with Crippen LogP contribution in [0.4, 0.5) is 4.79 Å². The van der Waals surface area contributed by atoms with Gasteiger partial charge in [0.05, 0.1) is 0 Å². The molecule has 0 aromatic rings. The number of imide groups is 1. The molecule has 6 heteroatoms. The Balaban J connectivity index is 1.93. The Bertz CT molecular complexity index is 438. The second-order valence-electron chi connectivity index (χ2n) is 6.37. The highest BCUT2D eigenvalue weighted by Crippen LogP contribution is 2.24. The molecule has 1 saturated carbocycles. The Morgan fingerprint density at radius 3 is 2.27 bits per heavy atom. The Hall–Kier alpha value is -1.59. The van der Waals surface area contributed by atoms with Crippen molar-refractivity contribution in [2.75, 3.05) is 6.54 Å². The van der Waals surface area contributed by atoms with Crippen LogP contribution in [0.1, 0.15) is 65.2 Å². The van der Waals surface area contributed by atoms with Gasteiger partial charge in [-0.25, -0.2) is 4.79 Å². The number of carbonyl (C=O) groups excluding carboxylic acids is 3. The van der Waals surface area contributed by atoms with Gasteiger partial charge in [-0.05, 0) is 25.7 Å². The van der Waals surface area contributed by atoms with Crippen LogP contribution in [0, 0.1) is 0 Å². The van der Waals surface area contributed by atoms with Crippen molar-refractivity contribution in [3.63, 3.8) is 0 Å². The molecular formula is C16H27N3O3. The first-order valence-corrected chi connectivity index (χ1v) is 8.46. The number of hydrogen-bond acceptors (Lipinski definition) is 3. The molecular weight excluding hydrogens is 282 g/mol. The van der Waals surface area contributed by atoms with Crippen LogP contribution in [0.2, 0.25) is 0 Å². The lowest BCUT2D eigenvalue weighted by Crippen LogP contribution is -2.47. The summed E-state index contributed by atoms with van der Waals surface area (Å²) in [5.74, 6) is -0.517. The van der Waals surface area contributed by atoms with E-state index in [0.717, 1.165) is 30.6 Å². The zero-order valence-corrected chi connectivity index (χ0v) is 13.6. The summed E-state index contributed by atoms with van der Waals surface area (Å²) < 4.78 is 0. The van der Waals surface area contributed by atoms with Crippen molar-refractivity contribution in [3.05, 3.63) is 0 Å². The molecule has 1 aliphatic heterocycles. The average molecular weight is 309 g/mol. The summed E-state index contributed by atoms with van der Waals surface area (Å²) in [7, 11) is 0. The fourth-order valence-corrected chi connectivity index (χ4v) is 3.39. The number of amides is 4. The number of nitrogens with zero attached hydrogens (tertiary/aromatic N) is 1. The van der Waals surface area contributed by atoms with Gasteiger partial charge in [0.2, 0.25) is 5.91 Å². The molecule has 22 heavy (non-hydrogen) atoms. The first-order valence-electron chi connectivity index (χ1n) is 8.46. The largest absolute Gasteiger partial charge is 0.352 e. The molecule has 0 atom stereocenters. The highest BCUT2D eigenvalue weighted by Gasteiger charge is 2.49. The molecule has 1 aliphatic carbocycles. The Morgan fingerprint density at radius 2 is 1.77 bits per heavy atom. The maximum atomic E-state index is 12.4. The fourth-order valence-electron chi connectivity index (χ4n) is 3.39. The monoisotopic (exact) mass is 309 g/mol. The van der Waals surface area contributed by atoms with E-state index in [1.54, 1.807) is 0 Å². The lowest BCUT2D eigenvalue weighted by molar-refractivity contribution is -0.135. The van der Waals surface area contributed by atoms with Gasteiger partial charge in [-0.15, -0.1) is 0 Å². The second-order valence-corrected chi connectivity index (χ2v) is 6.37. The van der Waals surface area contributed by atoms with Crippen molar-refractivity contribution in [1.82, 2.24) is 15.5 Å². The number of carbonyl (C=O) groups is 3. The molecule has 0 aromatic heterocycles. The molecule has 0 aromatic carbocycles. The summed E-state index contributed by atoms with van der Waals surface area (Å²) in [6, 6.07) is -0.275. The number of hydrogen-bond donors (Lipinski definition) is 2. The van der Waals surface area contributed by atoms with Gasteiger partial charge in [0.25, 0.3) is 5.91 Å². The van der Waals surface area contributed by atoms with Crippen LogP contribution in [0.3, 0.4) is 0 Å². The second kappa shape index (κ2) is 7.11. The summed E-state index contributed by atoms with van der Waals surface area (Å²) in [5.41, 5.74) is -0.834. The molecule has 0 bridgehead atoms. The summed E-state index contributed by atoms with van der Waals surface area (Å²) in [6.07, 6.45) is 7.73. The van der Waals surface area contributed by atoms with Crippen LogP contribution in [-0.2, 0) is 9.59 Å². The smallest absolute Gasteiger partial charge is 0.325 e. The molecule has 0 unspecified atom stereocenters. The SMILES string of the molecule is CCC1(CC)NC(=O)N(CC(=O)NC2CCCCCC2)C1=O. The highest BCUT2D eigenvalue weighted by molar-refractivity contribution is 6.08. The number of nitrogens with one attached hydrogen (secondary N) is 2. The Morgan fingerprint density at radius 1 is 1.18 bits per heavy atom. The predicted molar refractivity (Wildman–Crippen MR) is 83.2 cm³/mol. The van der Waals surface area contributed by atoms with E-state index in [4.69, 9.17) is 0 Å². The van der Waals surface area contributed by atoms with E-state index in [1.165, 1.54) is 12.8 Å². The number of urea groups is 1. The van der Waals surface area contributed by atoms with Gasteiger partial charge in [-0.2, -0.15) is 0 Å². The van der Waals surface area contributed by atoms with Crippen LogP contribution in [-0.4, -0.2) is 40.9 Å². The van der Waals surface area contributed by atoms with E-state index in [9.17, 15) is 14.4 Å². The zero-order valence-electron chi connectivity index (χ0n) is 13.6. The minimum atomic E-state index is -0.834. The van der Waals surface area contributed by atoms with Crippen LogP contribution in [0.5, 0.6) is 0 Å². The molecule has 6 nitrogen and oxygen atoms in total. The maximum Gasteiger partial charge on any atom is 0.325 e. The van der Waals surface area contributed by atoms with E-state index in [0.29, 0.717) is 12.8 Å². The average Bonchev–Trinajstić information content (AvgIpc) is 2.69. The van der Waals surface area contributed by atoms with E-state index < -0.39 is 11.6 Å². The van der Waals surface area contributed by atoms with Gasteiger partial charge in [0.15, 0.2) is 0 Å². The van der Waals surface area contributed by atoms with Crippen molar-refractivity contribution in [1.29, 1.82) is 0 Å². The standard InChI is InChI=1S/C16H27N3O3/c1-3-16(4-2)14(21)19(15(22)18-16)11-13(20)17-12-9-7-5-6-8-10-12/h12H,3-11H2,1-2H3,(H,17,20)(H,18,22). The van der Waals surface area contributed by atoms with Crippen molar-refractivity contribution in [3.8, 4) is 0 Å². The normalized spacial score (nSPS) is 22.4. The molecule has 2 rings (SSSR count). The fraction of sp³-hybridized carbons (Fsp3) is 0.812. The maximum absolute atomic E-state index is 12.4. The quantitative estimate of drug-likeness (QED) is 0.602. The third kappa shape index (κ3) is 3.42. The Labute approximate surface area is 132 Å². The number of rotatable bonds is 5. The van der Waals surface area contributed by atoms with E-state index in [1.807, 2.05) is 13.8 Å². The summed E-state index contributed by atoms with van der Waals surface area (Å²) in [4.78, 5) is 37.7. The third-order valence-corrected chi connectivity index (χ3v) is 4.98. The predicted octanol–water partition coefficient (Wildman–Crippen LogP) is 1.94. The van der Waals surface area contributed by atoms with Crippen molar-refractivity contribution in [2.24, 2.45) is 0 Å². The molecule has 2 N–H and O–H groups in total. The molecule has 0 spiro atoms. The Kier molecular flexibility index (Phi) is 5.42. The van der Waals surface area contributed by atoms with E-state index in [2.05, 4.69) is 10.6 Å². The third-order valence-electron chi connectivity index (χ3n) is 4.98. The summed E-state index contributed by atoms with van der Waals surface area (Å²) in [6.45, 7) is 3.57. The van der Waals surface area contributed by atoms with Gasteiger partial charge in [0.1, 0.15) is 12.1 Å². The van der Waals surface area contributed by atoms with Gasteiger partial charge in [-0.1, -0.05) is 39.5 Å². The molecule has 2 aliphatic rings. The molecule has 0 radical (unpaired) electrons. The lowest BCUT2D eigenvalue weighted by atomic mass is 9.93. The van der Waals surface area contributed by atoms with Crippen LogP contribution in [0.25, 0.3) is 0 Å². The van der Waals surface area contributed by atoms with Gasteiger partial charge < -0.3 is 10.6 Å². The lowest BCUT2D eigenvalue weighted by Gasteiger charge is -2.23. The first-order chi connectivity index (χ1) is 10.5. The van der Waals surface area contributed by atoms with Crippen molar-refractivity contribution >= 4 is 17.8 Å². The van der Waals surface area contributed by atoms with Gasteiger partial charge in [-0.3, -0.25) is 14.5 Å². The topological polar surface area (TPSA) is 78.5 Å².